The van der Waals surface area contributed by atoms with Gasteiger partial charge in [-0.1, -0.05) is 306 Å². The zero-order valence-electron chi connectivity index (χ0n) is 59.5. The van der Waals surface area contributed by atoms with E-state index in [0.29, 0.717) is 37.5 Å². The summed E-state index contributed by atoms with van der Waals surface area (Å²) in [5, 5.41) is 10.6. The summed E-state index contributed by atoms with van der Waals surface area (Å²) in [6.07, 6.45) is 44.9. The zero-order chi connectivity index (χ0) is 67.5. The molecule has 0 aliphatic rings. The molecule has 540 valence electrons. The molecule has 0 aromatic rings. The fraction of sp³-hybridized carbons (Fsp3) is 0.944. The molecule has 0 amide bonds. The number of hydrogen-bond donors (Lipinski definition) is 3. The minimum Gasteiger partial charge on any atom is -0.462 e. The molecule has 0 spiro atoms. The molecule has 91 heavy (non-hydrogen) atoms. The van der Waals surface area contributed by atoms with Crippen LogP contribution in [0.2, 0.25) is 0 Å². The van der Waals surface area contributed by atoms with Crippen LogP contribution in [0.3, 0.4) is 0 Å². The van der Waals surface area contributed by atoms with Crippen molar-refractivity contribution < 1.29 is 80.2 Å². The molecule has 0 aliphatic heterocycles. The predicted octanol–water partition coefficient (Wildman–Crippen LogP) is 20.5. The highest BCUT2D eigenvalue weighted by atomic mass is 31.2. The van der Waals surface area contributed by atoms with E-state index >= 15 is 0 Å². The summed E-state index contributed by atoms with van der Waals surface area (Å²) in [7, 11) is -9.90. The lowest BCUT2D eigenvalue weighted by molar-refractivity contribution is -0.161. The summed E-state index contributed by atoms with van der Waals surface area (Å²) < 4.78 is 68.2. The van der Waals surface area contributed by atoms with E-state index in [9.17, 15) is 43.2 Å². The number of carbonyl (C=O) groups is 4. The van der Waals surface area contributed by atoms with Gasteiger partial charge in [-0.25, -0.2) is 9.13 Å². The number of aliphatic hydroxyl groups excluding tert-OH is 1. The molecule has 0 radical (unpaired) electrons. The van der Waals surface area contributed by atoms with E-state index in [2.05, 4.69) is 55.4 Å². The number of carbonyl (C=O) groups excluding carboxylic acids is 4. The van der Waals surface area contributed by atoms with Crippen molar-refractivity contribution in [2.45, 2.75) is 375 Å². The van der Waals surface area contributed by atoms with E-state index in [0.717, 1.165) is 115 Å². The van der Waals surface area contributed by atoms with Crippen LogP contribution in [0.1, 0.15) is 357 Å². The fourth-order valence-corrected chi connectivity index (χ4v) is 12.4. The van der Waals surface area contributed by atoms with Gasteiger partial charge in [-0.05, 0) is 49.4 Å². The molecular formula is C72H140O17P2. The summed E-state index contributed by atoms with van der Waals surface area (Å²) in [6, 6.07) is 0. The smallest absolute Gasteiger partial charge is 0.462 e. The molecule has 0 fully saturated rings. The lowest BCUT2D eigenvalue weighted by Crippen LogP contribution is -2.30. The largest absolute Gasteiger partial charge is 0.472 e. The SMILES string of the molecule is CCC(C)CCCCCCCCCCCCCCCCCCCCC(=O)O[C@H](COC(=O)CCCCCCCCC(C)C)COP(=O)(O)OCC(O)COP(=O)(O)OC[C@@H](COC(=O)CCCCCCCCCC(C)C)OC(=O)CCCCCCCCC(C)CC. The van der Waals surface area contributed by atoms with Gasteiger partial charge in [0.05, 0.1) is 26.4 Å². The maximum absolute atomic E-state index is 13.0. The van der Waals surface area contributed by atoms with Crippen LogP contribution in [0.25, 0.3) is 0 Å². The van der Waals surface area contributed by atoms with Crippen molar-refractivity contribution in [3.05, 3.63) is 0 Å². The Morgan fingerprint density at radius 2 is 0.527 bits per heavy atom. The number of hydrogen-bond acceptors (Lipinski definition) is 15. The van der Waals surface area contributed by atoms with Gasteiger partial charge in [0.15, 0.2) is 12.2 Å². The number of phosphoric acid groups is 2. The fourth-order valence-electron chi connectivity index (χ4n) is 10.8. The van der Waals surface area contributed by atoms with Crippen LogP contribution < -0.4 is 0 Å². The van der Waals surface area contributed by atoms with Crippen molar-refractivity contribution in [1.29, 1.82) is 0 Å². The maximum atomic E-state index is 13.0. The quantitative estimate of drug-likeness (QED) is 0.0222. The van der Waals surface area contributed by atoms with Crippen molar-refractivity contribution in [2.24, 2.45) is 23.7 Å². The Balaban J connectivity index is 5.13. The lowest BCUT2D eigenvalue weighted by Gasteiger charge is -2.21. The van der Waals surface area contributed by atoms with Gasteiger partial charge in [0, 0.05) is 25.7 Å². The third-order valence-electron chi connectivity index (χ3n) is 17.3. The minimum absolute atomic E-state index is 0.102. The van der Waals surface area contributed by atoms with E-state index in [4.69, 9.17) is 37.0 Å². The van der Waals surface area contributed by atoms with Gasteiger partial charge in [0.2, 0.25) is 0 Å². The first-order chi connectivity index (χ1) is 43.7. The Morgan fingerprint density at radius 1 is 0.308 bits per heavy atom. The number of rotatable bonds is 69. The number of phosphoric ester groups is 2. The second-order valence-corrected chi connectivity index (χ2v) is 30.3. The van der Waals surface area contributed by atoms with Crippen LogP contribution in [-0.4, -0.2) is 96.7 Å². The normalized spacial score (nSPS) is 14.8. The molecule has 0 saturated carbocycles. The van der Waals surface area contributed by atoms with E-state index in [1.165, 1.54) is 148 Å². The first kappa shape index (κ1) is 89.1. The Hall–Kier alpha value is -1.94. The molecule has 3 N–H and O–H groups in total. The molecule has 0 aromatic heterocycles. The van der Waals surface area contributed by atoms with Crippen LogP contribution in [-0.2, 0) is 65.4 Å². The average Bonchev–Trinajstić information content (AvgIpc) is 3.58. The summed E-state index contributed by atoms with van der Waals surface area (Å²) >= 11 is 0. The predicted molar refractivity (Wildman–Crippen MR) is 367 cm³/mol. The summed E-state index contributed by atoms with van der Waals surface area (Å²) in [5.41, 5.74) is 0. The highest BCUT2D eigenvalue weighted by molar-refractivity contribution is 7.47. The van der Waals surface area contributed by atoms with Gasteiger partial charge >= 0.3 is 39.5 Å². The number of esters is 4. The van der Waals surface area contributed by atoms with Crippen LogP contribution in [0.15, 0.2) is 0 Å². The van der Waals surface area contributed by atoms with Gasteiger partial charge in [-0.3, -0.25) is 37.3 Å². The molecular weight excluding hydrogens is 1200 g/mol. The summed E-state index contributed by atoms with van der Waals surface area (Å²) in [4.78, 5) is 72.5. The molecule has 17 nitrogen and oxygen atoms in total. The van der Waals surface area contributed by atoms with Crippen molar-refractivity contribution in [3.63, 3.8) is 0 Å². The molecule has 0 saturated heterocycles. The number of unbranched alkanes of at least 4 members (excludes halogenated alkanes) is 33. The van der Waals surface area contributed by atoms with Gasteiger partial charge in [-0.2, -0.15) is 0 Å². The standard InChI is InChI=1S/C72H140O17P2/c1-9-64(7)50-42-34-25-21-19-17-15-13-11-12-14-16-18-20-22-26-38-46-54-71(76)88-67(59-83-70(75)53-45-37-30-28-33-41-49-63(5)6)60-86-90(78,79)84-56-66(73)57-85-91(80,81)87-61-68(89-72(77)55-47-39-31-29-35-43-51-65(8)10-2)58-82-69(74)52-44-36-27-23-24-32-40-48-62(3)4/h62-68,73H,9-61H2,1-8H3,(H,78,79)(H,80,81)/t64?,65?,66?,67-,68-/m1/s1. The third kappa shape index (κ3) is 63.9. The highest BCUT2D eigenvalue weighted by Crippen LogP contribution is 2.45. The number of aliphatic hydroxyl groups is 1. The van der Waals surface area contributed by atoms with Crippen molar-refractivity contribution in [1.82, 2.24) is 0 Å². The van der Waals surface area contributed by atoms with E-state index in [1.54, 1.807) is 0 Å². The van der Waals surface area contributed by atoms with Crippen LogP contribution in [0.4, 0.5) is 0 Å². The van der Waals surface area contributed by atoms with Crippen molar-refractivity contribution >= 4 is 39.5 Å². The lowest BCUT2D eigenvalue weighted by atomic mass is 9.99. The average molecular weight is 1340 g/mol. The maximum Gasteiger partial charge on any atom is 0.472 e. The van der Waals surface area contributed by atoms with E-state index < -0.39 is 97.5 Å². The van der Waals surface area contributed by atoms with Gasteiger partial charge in [-0.15, -0.1) is 0 Å². The first-order valence-electron chi connectivity index (χ1n) is 37.3. The highest BCUT2D eigenvalue weighted by Gasteiger charge is 2.30. The molecule has 0 aromatic carbocycles. The summed E-state index contributed by atoms with van der Waals surface area (Å²) in [5.74, 6) is 0.842. The topological polar surface area (TPSA) is 237 Å². The van der Waals surface area contributed by atoms with E-state index in [-0.39, 0.29) is 25.7 Å². The molecule has 0 heterocycles. The second kappa shape index (κ2) is 61.6. The van der Waals surface area contributed by atoms with Crippen LogP contribution >= 0.6 is 15.6 Å². The van der Waals surface area contributed by atoms with Gasteiger partial charge in [0.1, 0.15) is 19.3 Å². The summed E-state index contributed by atoms with van der Waals surface area (Å²) in [6.45, 7) is 14.0. The number of ether oxygens (including phenoxy) is 4. The molecule has 0 aliphatic carbocycles. The van der Waals surface area contributed by atoms with E-state index in [1.807, 2.05) is 0 Å². The molecule has 7 atom stereocenters. The molecule has 0 rings (SSSR count). The second-order valence-electron chi connectivity index (χ2n) is 27.4. The molecule has 0 bridgehead atoms. The van der Waals surface area contributed by atoms with Gasteiger partial charge < -0.3 is 33.8 Å². The Bertz CT molecular complexity index is 1800. The monoisotopic (exact) mass is 1340 g/mol. The van der Waals surface area contributed by atoms with Crippen LogP contribution in [0, 0.1) is 23.7 Å². The van der Waals surface area contributed by atoms with Crippen LogP contribution in [0.5, 0.6) is 0 Å². The third-order valence-corrected chi connectivity index (χ3v) is 19.2. The van der Waals surface area contributed by atoms with Crippen molar-refractivity contribution in [3.8, 4) is 0 Å². The first-order valence-corrected chi connectivity index (χ1v) is 40.3. The van der Waals surface area contributed by atoms with Gasteiger partial charge in [0.25, 0.3) is 0 Å². The zero-order valence-corrected chi connectivity index (χ0v) is 61.3. The molecule has 19 heteroatoms. The Morgan fingerprint density at radius 3 is 0.780 bits per heavy atom. The minimum atomic E-state index is -4.95. The van der Waals surface area contributed by atoms with Crippen molar-refractivity contribution in [2.75, 3.05) is 39.6 Å². The Labute approximate surface area is 556 Å². The molecule has 5 unspecified atom stereocenters. The Kier molecular flexibility index (Phi) is 60.3.